The van der Waals surface area contributed by atoms with Crippen LogP contribution in [0.4, 0.5) is 0 Å². The van der Waals surface area contributed by atoms with Crippen LogP contribution in [0.3, 0.4) is 0 Å². The molecule has 1 aromatic carbocycles. The summed E-state index contributed by atoms with van der Waals surface area (Å²) in [5.41, 5.74) is 1.39. The van der Waals surface area contributed by atoms with E-state index in [0.29, 0.717) is 5.92 Å². The molecule has 1 aliphatic rings. The van der Waals surface area contributed by atoms with Crippen molar-refractivity contribution >= 4 is 17.6 Å². The van der Waals surface area contributed by atoms with Gasteiger partial charge in [-0.25, -0.2) is 0 Å². The van der Waals surface area contributed by atoms with E-state index in [4.69, 9.17) is 11.6 Å². The second kappa shape index (κ2) is 6.39. The molecular weight excluding hydrogens is 284 g/mol. The number of aliphatic carboxylic acids is 1. The van der Waals surface area contributed by atoms with Crippen molar-refractivity contribution in [2.45, 2.75) is 46.5 Å². The van der Waals surface area contributed by atoms with Crippen molar-refractivity contribution in [1.82, 2.24) is 0 Å². The van der Waals surface area contributed by atoms with E-state index in [1.807, 2.05) is 24.3 Å². The Hall–Kier alpha value is -1.02. The van der Waals surface area contributed by atoms with Gasteiger partial charge in [0.1, 0.15) is 0 Å². The predicted octanol–water partition coefficient (Wildman–Crippen LogP) is 5.05. The van der Waals surface area contributed by atoms with Gasteiger partial charge < -0.3 is 5.11 Å². The van der Waals surface area contributed by atoms with Crippen LogP contribution in [0.2, 0.25) is 5.02 Å². The fourth-order valence-corrected chi connectivity index (χ4v) is 3.78. The van der Waals surface area contributed by atoms with Gasteiger partial charge in [-0.15, -0.1) is 0 Å². The number of carboxylic acid groups (broad SMARTS) is 1. The topological polar surface area (TPSA) is 37.3 Å². The number of rotatable bonds is 3. The minimum absolute atomic E-state index is 0.207. The maximum atomic E-state index is 11.6. The predicted molar refractivity (Wildman–Crippen MR) is 86.6 cm³/mol. The fourth-order valence-electron chi connectivity index (χ4n) is 3.57. The average molecular weight is 309 g/mol. The molecule has 0 spiro atoms. The summed E-state index contributed by atoms with van der Waals surface area (Å²) in [6.45, 7) is 6.78. The SMILES string of the molecule is CC(C)(C)C1CCC(C(=O)O)C(Cc2cccc(Cl)c2)C1. The molecule has 1 aliphatic carbocycles. The van der Waals surface area contributed by atoms with Gasteiger partial charge in [-0.3, -0.25) is 4.79 Å². The van der Waals surface area contributed by atoms with Gasteiger partial charge in [-0.2, -0.15) is 0 Å². The molecule has 0 bridgehead atoms. The summed E-state index contributed by atoms with van der Waals surface area (Å²) in [4.78, 5) is 11.6. The zero-order chi connectivity index (χ0) is 15.6. The maximum absolute atomic E-state index is 11.6. The largest absolute Gasteiger partial charge is 0.481 e. The third-order valence-electron chi connectivity index (χ3n) is 4.91. The molecule has 0 heterocycles. The maximum Gasteiger partial charge on any atom is 0.306 e. The second-order valence-corrected chi connectivity index (χ2v) is 7.85. The Kier molecular flexibility index (Phi) is 4.98. The molecule has 1 fully saturated rings. The Balaban J connectivity index is 2.16. The molecule has 1 saturated carbocycles. The highest BCUT2D eigenvalue weighted by Crippen LogP contribution is 2.44. The molecule has 0 amide bonds. The standard InChI is InChI=1S/C18H25ClO2/c1-18(2,3)14-7-8-16(17(20)21)13(11-14)9-12-5-4-6-15(19)10-12/h4-6,10,13-14,16H,7-9,11H2,1-3H3,(H,20,21). The van der Waals surface area contributed by atoms with Gasteiger partial charge in [0, 0.05) is 5.02 Å². The smallest absolute Gasteiger partial charge is 0.306 e. The molecule has 0 saturated heterocycles. The highest BCUT2D eigenvalue weighted by Gasteiger charge is 2.38. The highest BCUT2D eigenvalue weighted by molar-refractivity contribution is 6.30. The van der Waals surface area contributed by atoms with Crippen LogP contribution in [0, 0.1) is 23.2 Å². The number of hydrogen-bond donors (Lipinski definition) is 1. The third kappa shape index (κ3) is 4.23. The summed E-state index contributed by atoms with van der Waals surface area (Å²) in [5.74, 6) is -0.0619. The Bertz CT molecular complexity index is 504. The van der Waals surface area contributed by atoms with Crippen molar-refractivity contribution in [2.75, 3.05) is 0 Å². The van der Waals surface area contributed by atoms with Gasteiger partial charge in [0.15, 0.2) is 0 Å². The molecular formula is C18H25ClO2. The molecule has 3 heteroatoms. The Morgan fingerprint density at radius 2 is 2.05 bits per heavy atom. The van der Waals surface area contributed by atoms with Crippen LogP contribution in [0.25, 0.3) is 0 Å². The molecule has 0 radical (unpaired) electrons. The van der Waals surface area contributed by atoms with Crippen LogP contribution >= 0.6 is 11.6 Å². The van der Waals surface area contributed by atoms with E-state index in [2.05, 4.69) is 20.8 Å². The van der Waals surface area contributed by atoms with Gasteiger partial charge >= 0.3 is 5.97 Å². The van der Waals surface area contributed by atoms with Crippen molar-refractivity contribution < 1.29 is 9.90 Å². The second-order valence-electron chi connectivity index (χ2n) is 7.41. The molecule has 116 valence electrons. The van der Waals surface area contributed by atoms with E-state index in [1.165, 1.54) is 0 Å². The van der Waals surface area contributed by atoms with E-state index >= 15 is 0 Å². The van der Waals surface area contributed by atoms with Crippen molar-refractivity contribution in [3.63, 3.8) is 0 Å². The molecule has 21 heavy (non-hydrogen) atoms. The van der Waals surface area contributed by atoms with Crippen molar-refractivity contribution in [2.24, 2.45) is 23.2 Å². The summed E-state index contributed by atoms with van der Waals surface area (Å²) < 4.78 is 0. The van der Waals surface area contributed by atoms with Crippen LogP contribution < -0.4 is 0 Å². The van der Waals surface area contributed by atoms with Gasteiger partial charge in [-0.1, -0.05) is 44.5 Å². The van der Waals surface area contributed by atoms with Gasteiger partial charge in [0.25, 0.3) is 0 Å². The average Bonchev–Trinajstić information content (AvgIpc) is 2.37. The van der Waals surface area contributed by atoms with Crippen LogP contribution in [-0.4, -0.2) is 11.1 Å². The number of benzene rings is 1. The first kappa shape index (κ1) is 16.4. The number of hydrogen-bond acceptors (Lipinski definition) is 1. The minimum atomic E-state index is -0.644. The lowest BCUT2D eigenvalue weighted by Crippen LogP contribution is -2.36. The Morgan fingerprint density at radius 1 is 1.33 bits per heavy atom. The van der Waals surface area contributed by atoms with E-state index in [0.717, 1.165) is 36.3 Å². The summed E-state index contributed by atoms with van der Waals surface area (Å²) in [5, 5.41) is 10.2. The monoisotopic (exact) mass is 308 g/mol. The summed E-state index contributed by atoms with van der Waals surface area (Å²) in [7, 11) is 0. The normalized spacial score (nSPS) is 26.6. The quantitative estimate of drug-likeness (QED) is 0.848. The van der Waals surface area contributed by atoms with Crippen LogP contribution in [-0.2, 0) is 11.2 Å². The van der Waals surface area contributed by atoms with Crippen molar-refractivity contribution in [3.05, 3.63) is 34.9 Å². The molecule has 0 aliphatic heterocycles. The number of carbonyl (C=O) groups is 1. The first-order valence-electron chi connectivity index (χ1n) is 7.74. The zero-order valence-electron chi connectivity index (χ0n) is 13.1. The lowest BCUT2D eigenvalue weighted by atomic mass is 9.64. The third-order valence-corrected chi connectivity index (χ3v) is 5.15. The van der Waals surface area contributed by atoms with E-state index < -0.39 is 5.97 Å². The Morgan fingerprint density at radius 3 is 2.62 bits per heavy atom. The fraction of sp³-hybridized carbons (Fsp3) is 0.611. The van der Waals surface area contributed by atoms with Crippen LogP contribution in [0.5, 0.6) is 0 Å². The Labute approximate surface area is 132 Å². The van der Waals surface area contributed by atoms with E-state index in [9.17, 15) is 9.90 Å². The van der Waals surface area contributed by atoms with Gasteiger partial charge in [0.2, 0.25) is 0 Å². The first-order chi connectivity index (χ1) is 9.77. The summed E-state index contributed by atoms with van der Waals surface area (Å²) >= 11 is 6.05. The van der Waals surface area contributed by atoms with Gasteiger partial charge in [0.05, 0.1) is 5.92 Å². The molecule has 3 unspecified atom stereocenters. The van der Waals surface area contributed by atoms with Crippen LogP contribution in [0.15, 0.2) is 24.3 Å². The molecule has 1 aromatic rings. The first-order valence-corrected chi connectivity index (χ1v) is 8.12. The minimum Gasteiger partial charge on any atom is -0.481 e. The summed E-state index contributed by atoms with van der Waals surface area (Å²) in [6, 6.07) is 7.81. The number of carboxylic acids is 1. The van der Waals surface area contributed by atoms with Crippen molar-refractivity contribution in [1.29, 1.82) is 0 Å². The highest BCUT2D eigenvalue weighted by atomic mass is 35.5. The van der Waals surface area contributed by atoms with E-state index in [-0.39, 0.29) is 17.3 Å². The number of halogens is 1. The lowest BCUT2D eigenvalue weighted by molar-refractivity contribution is -0.146. The molecule has 2 nitrogen and oxygen atoms in total. The lowest BCUT2D eigenvalue weighted by Gasteiger charge is -2.40. The van der Waals surface area contributed by atoms with Gasteiger partial charge in [-0.05, 0) is 60.6 Å². The summed E-state index contributed by atoms with van der Waals surface area (Å²) in [6.07, 6.45) is 3.62. The molecule has 2 rings (SSSR count). The molecule has 1 N–H and O–H groups in total. The van der Waals surface area contributed by atoms with E-state index in [1.54, 1.807) is 0 Å². The zero-order valence-corrected chi connectivity index (χ0v) is 13.9. The molecule has 3 atom stereocenters. The molecule has 0 aromatic heterocycles. The van der Waals surface area contributed by atoms with Crippen LogP contribution in [0.1, 0.15) is 45.6 Å². The van der Waals surface area contributed by atoms with Crippen molar-refractivity contribution in [3.8, 4) is 0 Å².